The number of benzene rings is 1. The summed E-state index contributed by atoms with van der Waals surface area (Å²) >= 11 is 0. The van der Waals surface area contributed by atoms with Crippen LogP contribution < -0.4 is 20.5 Å². The van der Waals surface area contributed by atoms with E-state index in [4.69, 9.17) is 15.2 Å². The van der Waals surface area contributed by atoms with Crippen molar-refractivity contribution in [3.63, 3.8) is 0 Å². The van der Waals surface area contributed by atoms with Crippen molar-refractivity contribution in [3.05, 3.63) is 23.8 Å². The first kappa shape index (κ1) is 23.3. The zero-order valence-electron chi connectivity index (χ0n) is 17.0. The average Bonchev–Trinajstić information content (AvgIpc) is 3.56. The number of ether oxygens (including phenoxy) is 2. The van der Waals surface area contributed by atoms with E-state index in [2.05, 4.69) is 5.32 Å². The van der Waals surface area contributed by atoms with E-state index in [0.717, 1.165) is 38.8 Å². The Morgan fingerprint density at radius 2 is 1.90 bits per heavy atom. The molecule has 0 radical (unpaired) electrons. The highest BCUT2D eigenvalue weighted by atomic mass is 35.5. The van der Waals surface area contributed by atoms with Crippen LogP contribution in [0.3, 0.4) is 0 Å². The third-order valence-corrected chi connectivity index (χ3v) is 5.33. The van der Waals surface area contributed by atoms with Crippen molar-refractivity contribution in [3.8, 4) is 11.5 Å². The van der Waals surface area contributed by atoms with Crippen LogP contribution >= 0.6 is 12.4 Å². The predicted molar refractivity (Wildman–Crippen MR) is 114 cm³/mol. The highest BCUT2D eigenvalue weighted by molar-refractivity contribution is 5.95. The lowest BCUT2D eigenvalue weighted by Crippen LogP contribution is -2.41. The summed E-state index contributed by atoms with van der Waals surface area (Å²) in [4.78, 5) is 26.7. The van der Waals surface area contributed by atoms with Crippen molar-refractivity contribution in [1.82, 2.24) is 10.2 Å². The summed E-state index contributed by atoms with van der Waals surface area (Å²) in [6, 6.07) is 5.07. The van der Waals surface area contributed by atoms with Gasteiger partial charge in [-0.3, -0.25) is 9.59 Å². The summed E-state index contributed by atoms with van der Waals surface area (Å²) in [6.07, 6.45) is 5.50. The molecule has 1 unspecified atom stereocenters. The van der Waals surface area contributed by atoms with Crippen molar-refractivity contribution in [1.29, 1.82) is 0 Å². The van der Waals surface area contributed by atoms with Gasteiger partial charge in [-0.05, 0) is 63.1 Å². The van der Waals surface area contributed by atoms with Gasteiger partial charge in [0.05, 0.1) is 6.61 Å². The summed E-state index contributed by atoms with van der Waals surface area (Å²) in [5.74, 6) is 1.25. The number of carbonyl (C=O) groups is 2. The second-order valence-electron chi connectivity index (χ2n) is 7.48. The molecule has 1 heterocycles. The zero-order chi connectivity index (χ0) is 19.9. The van der Waals surface area contributed by atoms with Crippen LogP contribution in [-0.4, -0.2) is 55.6 Å². The Kier molecular flexibility index (Phi) is 9.04. The maximum absolute atomic E-state index is 12.6. The lowest BCUT2D eigenvalue weighted by atomic mass is 10.1. The molecule has 29 heavy (non-hydrogen) atoms. The van der Waals surface area contributed by atoms with Gasteiger partial charge in [0.15, 0.2) is 18.1 Å². The van der Waals surface area contributed by atoms with Gasteiger partial charge in [0.2, 0.25) is 0 Å². The lowest BCUT2D eigenvalue weighted by Gasteiger charge is -2.26. The fraction of sp³-hybridized carbons (Fsp3) is 0.619. The molecule has 1 aromatic rings. The molecule has 2 fully saturated rings. The van der Waals surface area contributed by atoms with Gasteiger partial charge in [0.25, 0.3) is 11.8 Å². The maximum atomic E-state index is 12.6. The van der Waals surface area contributed by atoms with Crippen molar-refractivity contribution in [2.24, 2.45) is 11.7 Å². The normalized spacial score (nSPS) is 17.1. The molecule has 1 atom stereocenters. The molecule has 7 nitrogen and oxygen atoms in total. The van der Waals surface area contributed by atoms with Gasteiger partial charge in [-0.25, -0.2) is 0 Å². The first-order chi connectivity index (χ1) is 13.6. The summed E-state index contributed by atoms with van der Waals surface area (Å²) in [7, 11) is 0. The second-order valence-corrected chi connectivity index (χ2v) is 7.48. The van der Waals surface area contributed by atoms with E-state index in [0.29, 0.717) is 36.1 Å². The van der Waals surface area contributed by atoms with Crippen LogP contribution in [0.15, 0.2) is 18.2 Å². The molecule has 1 aliphatic heterocycles. The number of carbonyl (C=O) groups excluding carboxylic acids is 2. The molecule has 0 aromatic heterocycles. The minimum absolute atomic E-state index is 0. The van der Waals surface area contributed by atoms with Crippen LogP contribution in [0.25, 0.3) is 0 Å². The van der Waals surface area contributed by atoms with Gasteiger partial charge in [-0.2, -0.15) is 0 Å². The molecule has 0 spiro atoms. The minimum atomic E-state index is -0.167. The quantitative estimate of drug-likeness (QED) is 0.633. The van der Waals surface area contributed by atoms with Gasteiger partial charge in [-0.1, -0.05) is 0 Å². The first-order valence-corrected chi connectivity index (χ1v) is 10.3. The highest BCUT2D eigenvalue weighted by Crippen LogP contribution is 2.33. The first-order valence-electron chi connectivity index (χ1n) is 10.3. The molecule has 2 amide bonds. The third kappa shape index (κ3) is 6.51. The summed E-state index contributed by atoms with van der Waals surface area (Å²) in [6.45, 7) is 4.31. The molecule has 1 saturated heterocycles. The monoisotopic (exact) mass is 425 g/mol. The molecule has 8 heteroatoms. The fourth-order valence-corrected chi connectivity index (χ4v) is 3.53. The largest absolute Gasteiger partial charge is 0.490 e. The molecular weight excluding hydrogens is 394 g/mol. The molecule has 3 N–H and O–H groups in total. The molecule has 1 aromatic carbocycles. The number of nitrogens with one attached hydrogen (secondary N) is 1. The predicted octanol–water partition coefficient (Wildman–Crippen LogP) is 2.37. The highest BCUT2D eigenvalue weighted by Gasteiger charge is 2.31. The maximum Gasteiger partial charge on any atom is 0.260 e. The third-order valence-electron chi connectivity index (χ3n) is 5.33. The number of nitrogens with zero attached hydrogens (tertiary/aromatic N) is 1. The van der Waals surface area contributed by atoms with Crippen LogP contribution in [0.1, 0.15) is 49.4 Å². The number of piperidine rings is 1. The minimum Gasteiger partial charge on any atom is -0.490 e. The standard InChI is InChI=1S/C21H31N3O4.ClH/c1-2-27-19-12-16(21(26)23-17(13-22)15-6-7-15)8-9-18(19)28-14-20(25)24-10-4-3-5-11-24;/h8-9,12,15,17H,2-7,10-11,13-14,22H2,1H3,(H,23,26);1H. The SMILES string of the molecule is CCOc1cc(C(=O)NC(CN)C2CC2)ccc1OCC(=O)N1CCCCC1.Cl. The van der Waals surface area contributed by atoms with E-state index in [1.54, 1.807) is 18.2 Å². The lowest BCUT2D eigenvalue weighted by molar-refractivity contribution is -0.134. The average molecular weight is 426 g/mol. The molecule has 162 valence electrons. The number of hydrogen-bond donors (Lipinski definition) is 2. The zero-order valence-corrected chi connectivity index (χ0v) is 17.8. The Balaban J connectivity index is 0.00000300. The van der Waals surface area contributed by atoms with E-state index >= 15 is 0 Å². The van der Waals surface area contributed by atoms with Crippen LogP contribution in [0.2, 0.25) is 0 Å². The Hall–Kier alpha value is -1.99. The summed E-state index contributed by atoms with van der Waals surface area (Å²) < 4.78 is 11.4. The fourth-order valence-electron chi connectivity index (χ4n) is 3.53. The number of likely N-dealkylation sites (tertiary alicyclic amines) is 1. The van der Waals surface area contributed by atoms with Crippen LogP contribution in [0, 0.1) is 5.92 Å². The van der Waals surface area contributed by atoms with E-state index < -0.39 is 0 Å². The van der Waals surface area contributed by atoms with Crippen molar-refractivity contribution in [2.45, 2.75) is 45.1 Å². The second kappa shape index (κ2) is 11.3. The van der Waals surface area contributed by atoms with E-state index in [1.165, 1.54) is 6.42 Å². The number of nitrogens with two attached hydrogens (primary N) is 1. The molecule has 1 aliphatic carbocycles. The molecular formula is C21H32ClN3O4. The summed E-state index contributed by atoms with van der Waals surface area (Å²) in [5.41, 5.74) is 6.27. The Morgan fingerprint density at radius 1 is 1.17 bits per heavy atom. The molecule has 0 bridgehead atoms. The molecule has 3 rings (SSSR count). The number of amides is 2. The van der Waals surface area contributed by atoms with Crippen LogP contribution in [-0.2, 0) is 4.79 Å². The number of hydrogen-bond acceptors (Lipinski definition) is 5. The van der Waals surface area contributed by atoms with Gasteiger partial charge in [-0.15, -0.1) is 12.4 Å². The van der Waals surface area contributed by atoms with Crippen LogP contribution in [0.4, 0.5) is 0 Å². The van der Waals surface area contributed by atoms with E-state index in [1.807, 2.05) is 11.8 Å². The number of halogens is 1. The van der Waals surface area contributed by atoms with E-state index in [9.17, 15) is 9.59 Å². The van der Waals surface area contributed by atoms with Gasteiger partial charge in [0.1, 0.15) is 0 Å². The summed E-state index contributed by atoms with van der Waals surface area (Å²) in [5, 5.41) is 3.01. The topological polar surface area (TPSA) is 93.9 Å². The smallest absolute Gasteiger partial charge is 0.260 e. The Morgan fingerprint density at radius 3 is 2.52 bits per heavy atom. The Bertz CT molecular complexity index is 691. The Labute approximate surface area is 178 Å². The van der Waals surface area contributed by atoms with Gasteiger partial charge in [0, 0.05) is 31.2 Å². The van der Waals surface area contributed by atoms with E-state index in [-0.39, 0.29) is 36.9 Å². The molecule has 1 saturated carbocycles. The van der Waals surface area contributed by atoms with Crippen molar-refractivity contribution >= 4 is 24.2 Å². The van der Waals surface area contributed by atoms with Gasteiger partial charge >= 0.3 is 0 Å². The van der Waals surface area contributed by atoms with Crippen molar-refractivity contribution < 1.29 is 19.1 Å². The van der Waals surface area contributed by atoms with Gasteiger partial charge < -0.3 is 25.4 Å². The van der Waals surface area contributed by atoms with Crippen LogP contribution in [0.5, 0.6) is 11.5 Å². The number of rotatable bonds is 9. The van der Waals surface area contributed by atoms with Crippen molar-refractivity contribution in [2.75, 3.05) is 32.8 Å². The molecule has 2 aliphatic rings.